The molecule has 1 saturated heterocycles. The minimum absolute atomic E-state index is 0.198. The molecule has 2 unspecified atom stereocenters. The second kappa shape index (κ2) is 6.15. The molecule has 2 rings (SSSR count). The van der Waals surface area contributed by atoms with Crippen molar-refractivity contribution in [1.82, 2.24) is 10.4 Å². The number of hydrogen-bond donors (Lipinski definition) is 1. The maximum atomic E-state index is 12.3. The highest BCUT2D eigenvalue weighted by atomic mass is 32.2. The van der Waals surface area contributed by atoms with Crippen molar-refractivity contribution < 1.29 is 13.2 Å². The Morgan fingerprint density at radius 3 is 2.14 bits per heavy atom. The summed E-state index contributed by atoms with van der Waals surface area (Å²) in [6.45, 7) is 4.20. The third kappa shape index (κ3) is 3.83. The first-order valence-corrected chi connectivity index (χ1v) is 9.07. The van der Waals surface area contributed by atoms with Gasteiger partial charge in [-0.25, -0.2) is 13.4 Å². The van der Waals surface area contributed by atoms with Gasteiger partial charge in [-0.3, -0.25) is 10.2 Å². The van der Waals surface area contributed by atoms with Gasteiger partial charge in [-0.1, -0.05) is 6.42 Å². The number of carbonyl (C=O) groups excluding carboxylic acids is 1. The molecule has 1 amide bonds. The van der Waals surface area contributed by atoms with Crippen LogP contribution < -0.4 is 5.43 Å². The Hall–Kier alpha value is -1.40. The van der Waals surface area contributed by atoms with Crippen molar-refractivity contribution in [1.29, 1.82) is 0 Å². The normalized spacial score (nSPS) is 23.8. The monoisotopic (exact) mass is 310 g/mol. The summed E-state index contributed by atoms with van der Waals surface area (Å²) in [5, 5.41) is 2.00. The summed E-state index contributed by atoms with van der Waals surface area (Å²) in [4.78, 5) is 12.5. The van der Waals surface area contributed by atoms with Crippen molar-refractivity contribution >= 4 is 15.7 Å². The second-order valence-electron chi connectivity index (χ2n) is 5.77. The van der Waals surface area contributed by atoms with Gasteiger partial charge < -0.3 is 0 Å². The van der Waals surface area contributed by atoms with E-state index in [2.05, 4.69) is 19.3 Å². The molecular weight excluding hydrogens is 288 g/mol. The molecule has 1 aliphatic heterocycles. The number of rotatable bonds is 3. The minimum atomic E-state index is -3.23. The highest BCUT2D eigenvalue weighted by molar-refractivity contribution is 7.90. The molecule has 0 aliphatic carbocycles. The molecule has 1 heterocycles. The van der Waals surface area contributed by atoms with Gasteiger partial charge in [-0.2, -0.15) is 0 Å². The van der Waals surface area contributed by atoms with Gasteiger partial charge in [0.05, 0.1) is 4.90 Å². The number of nitrogens with zero attached hydrogens (tertiary/aromatic N) is 1. The van der Waals surface area contributed by atoms with E-state index in [1.807, 2.05) is 5.01 Å². The van der Waals surface area contributed by atoms with E-state index in [1.54, 1.807) is 12.1 Å². The van der Waals surface area contributed by atoms with E-state index in [0.717, 1.165) is 19.1 Å². The summed E-state index contributed by atoms with van der Waals surface area (Å²) in [6.07, 6.45) is 4.46. The first-order chi connectivity index (χ1) is 9.79. The molecule has 0 saturated carbocycles. The molecule has 1 fully saturated rings. The van der Waals surface area contributed by atoms with Crippen molar-refractivity contribution in [2.45, 2.75) is 50.1 Å². The summed E-state index contributed by atoms with van der Waals surface area (Å²) in [7, 11) is -3.23. The Labute approximate surface area is 126 Å². The van der Waals surface area contributed by atoms with Crippen molar-refractivity contribution in [2.24, 2.45) is 0 Å². The van der Waals surface area contributed by atoms with Crippen molar-refractivity contribution in [3.8, 4) is 0 Å². The molecule has 116 valence electrons. The molecule has 1 N–H and O–H groups in total. The quantitative estimate of drug-likeness (QED) is 0.927. The van der Waals surface area contributed by atoms with E-state index in [9.17, 15) is 13.2 Å². The van der Waals surface area contributed by atoms with Crippen LogP contribution in [0.15, 0.2) is 29.2 Å². The first kappa shape index (κ1) is 16.0. The molecule has 1 aromatic rings. The van der Waals surface area contributed by atoms with Gasteiger partial charge in [0.1, 0.15) is 0 Å². The number of carbonyl (C=O) groups is 1. The largest absolute Gasteiger partial charge is 0.284 e. The van der Waals surface area contributed by atoms with Gasteiger partial charge in [0.2, 0.25) is 0 Å². The van der Waals surface area contributed by atoms with Crippen LogP contribution in [0.5, 0.6) is 0 Å². The van der Waals surface area contributed by atoms with Crippen LogP contribution in [0.1, 0.15) is 43.5 Å². The first-order valence-electron chi connectivity index (χ1n) is 7.18. The Balaban J connectivity index is 2.10. The van der Waals surface area contributed by atoms with E-state index in [0.29, 0.717) is 17.6 Å². The molecule has 2 atom stereocenters. The van der Waals surface area contributed by atoms with Crippen LogP contribution in [-0.2, 0) is 9.84 Å². The van der Waals surface area contributed by atoms with Crippen molar-refractivity contribution in [3.63, 3.8) is 0 Å². The SMILES string of the molecule is CC1CCCC(C)N1NC(=O)c1ccc(S(C)(=O)=O)cc1. The highest BCUT2D eigenvalue weighted by Gasteiger charge is 2.26. The lowest BCUT2D eigenvalue weighted by Crippen LogP contribution is -2.54. The molecule has 1 aromatic carbocycles. The fourth-order valence-electron chi connectivity index (χ4n) is 2.68. The van der Waals surface area contributed by atoms with Gasteiger partial charge >= 0.3 is 0 Å². The van der Waals surface area contributed by atoms with E-state index < -0.39 is 9.84 Å². The zero-order valence-electron chi connectivity index (χ0n) is 12.7. The molecule has 0 bridgehead atoms. The number of piperidine rings is 1. The smallest absolute Gasteiger partial charge is 0.265 e. The summed E-state index contributed by atoms with van der Waals surface area (Å²) in [6, 6.07) is 6.65. The number of hydrogen-bond acceptors (Lipinski definition) is 4. The van der Waals surface area contributed by atoms with Crippen molar-refractivity contribution in [3.05, 3.63) is 29.8 Å². The Morgan fingerprint density at radius 1 is 1.14 bits per heavy atom. The molecule has 0 spiro atoms. The highest BCUT2D eigenvalue weighted by Crippen LogP contribution is 2.20. The topological polar surface area (TPSA) is 66.5 Å². The average molecular weight is 310 g/mol. The van der Waals surface area contributed by atoms with Gasteiger partial charge in [0.15, 0.2) is 9.84 Å². The predicted octanol–water partition coefficient (Wildman–Crippen LogP) is 2.00. The number of benzene rings is 1. The fourth-order valence-corrected chi connectivity index (χ4v) is 3.31. The predicted molar refractivity (Wildman–Crippen MR) is 81.6 cm³/mol. The maximum absolute atomic E-state index is 12.3. The van der Waals surface area contributed by atoms with Gasteiger partial charge in [-0.05, 0) is 51.0 Å². The maximum Gasteiger partial charge on any atom is 0.265 e. The Morgan fingerprint density at radius 2 is 1.67 bits per heavy atom. The average Bonchev–Trinajstić information content (AvgIpc) is 2.42. The summed E-state index contributed by atoms with van der Waals surface area (Å²) >= 11 is 0. The van der Waals surface area contributed by atoms with Gasteiger partial charge in [0, 0.05) is 23.9 Å². The third-order valence-corrected chi connectivity index (χ3v) is 5.10. The molecule has 0 aromatic heterocycles. The summed E-state index contributed by atoms with van der Waals surface area (Å²) in [5.74, 6) is -0.198. The van der Waals surface area contributed by atoms with E-state index in [4.69, 9.17) is 0 Å². The fraction of sp³-hybridized carbons (Fsp3) is 0.533. The van der Waals surface area contributed by atoms with Crippen LogP contribution in [0, 0.1) is 0 Å². The van der Waals surface area contributed by atoms with E-state index in [-0.39, 0.29) is 10.8 Å². The lowest BCUT2D eigenvalue weighted by atomic mass is 10.00. The lowest BCUT2D eigenvalue weighted by molar-refractivity contribution is 0.0369. The summed E-state index contributed by atoms with van der Waals surface area (Å²) < 4.78 is 22.8. The van der Waals surface area contributed by atoms with E-state index in [1.165, 1.54) is 18.6 Å². The number of sulfone groups is 1. The van der Waals surface area contributed by atoms with Crippen LogP contribution >= 0.6 is 0 Å². The second-order valence-corrected chi connectivity index (χ2v) is 7.79. The Bertz CT molecular complexity index is 600. The molecule has 1 aliphatic rings. The third-order valence-electron chi connectivity index (χ3n) is 3.97. The molecule has 0 radical (unpaired) electrons. The standard InChI is InChI=1S/C15H22N2O3S/c1-11-5-4-6-12(2)17(11)16-15(18)13-7-9-14(10-8-13)21(3,19)20/h7-12H,4-6H2,1-3H3,(H,16,18). The number of amides is 1. The minimum Gasteiger partial charge on any atom is -0.284 e. The number of hydrazine groups is 1. The van der Waals surface area contributed by atoms with Gasteiger partial charge in [0.25, 0.3) is 5.91 Å². The molecule has 6 heteroatoms. The zero-order valence-corrected chi connectivity index (χ0v) is 13.5. The molecular formula is C15H22N2O3S. The van der Waals surface area contributed by atoms with Crippen molar-refractivity contribution in [2.75, 3.05) is 6.26 Å². The van der Waals surface area contributed by atoms with Crippen LogP contribution in [0.4, 0.5) is 0 Å². The van der Waals surface area contributed by atoms with E-state index >= 15 is 0 Å². The van der Waals surface area contributed by atoms with Crippen LogP contribution in [0.25, 0.3) is 0 Å². The summed E-state index contributed by atoms with van der Waals surface area (Å²) in [5.41, 5.74) is 3.40. The van der Waals surface area contributed by atoms with Crippen LogP contribution in [0.2, 0.25) is 0 Å². The lowest BCUT2D eigenvalue weighted by Gasteiger charge is -2.38. The van der Waals surface area contributed by atoms with Gasteiger partial charge in [-0.15, -0.1) is 0 Å². The van der Waals surface area contributed by atoms with Crippen LogP contribution in [0.3, 0.4) is 0 Å². The molecule has 21 heavy (non-hydrogen) atoms. The van der Waals surface area contributed by atoms with Crippen LogP contribution in [-0.4, -0.2) is 37.7 Å². The zero-order chi connectivity index (χ0) is 15.6. The number of nitrogens with one attached hydrogen (secondary N) is 1. The Kier molecular flexibility index (Phi) is 4.68. The molecule has 5 nitrogen and oxygen atoms in total.